The van der Waals surface area contributed by atoms with Crippen LogP contribution in [-0.2, 0) is 0 Å². The van der Waals surface area contributed by atoms with E-state index in [4.69, 9.17) is 0 Å². The average molecular weight is 144 g/mol. The van der Waals surface area contributed by atoms with Crippen LogP contribution < -0.4 is 0 Å². The van der Waals surface area contributed by atoms with Crippen LogP contribution in [0, 0.1) is 5.92 Å². The second-order valence-corrected chi connectivity index (χ2v) is 2.73. The summed E-state index contributed by atoms with van der Waals surface area (Å²) in [6, 6.07) is 0. The van der Waals surface area contributed by atoms with E-state index < -0.39 is 5.83 Å². The summed E-state index contributed by atoms with van der Waals surface area (Å²) in [5.41, 5.74) is 0.165. The van der Waals surface area contributed by atoms with Crippen LogP contribution in [0.3, 0.4) is 0 Å². The Balaban J connectivity index is 2.90. The van der Waals surface area contributed by atoms with Crippen molar-refractivity contribution in [3.63, 3.8) is 0 Å². The molecule has 1 rings (SSSR count). The Bertz CT molecular complexity index is 201. The molecule has 0 aromatic rings. The molecule has 0 spiro atoms. The lowest BCUT2D eigenvalue weighted by atomic mass is 9.97. The molecule has 0 bridgehead atoms. The average Bonchev–Trinajstić information content (AvgIpc) is 1.82. The summed E-state index contributed by atoms with van der Waals surface area (Å²) in [4.78, 5) is 0. The van der Waals surface area contributed by atoms with Gasteiger partial charge in [0.1, 0.15) is 11.7 Å². The fourth-order valence-corrected chi connectivity index (χ4v) is 0.999. The maximum absolute atomic E-state index is 12.7. The molecular weight excluding hydrogens is 134 g/mol. The molecule has 10 heavy (non-hydrogen) atoms. The van der Waals surface area contributed by atoms with Crippen molar-refractivity contribution in [2.75, 3.05) is 0 Å². The highest BCUT2D eigenvalue weighted by Crippen LogP contribution is 2.29. The summed E-state index contributed by atoms with van der Waals surface area (Å²) in [6.45, 7) is 3.26. The number of rotatable bonds is 0. The molecule has 0 saturated carbocycles. The van der Waals surface area contributed by atoms with Gasteiger partial charge < -0.3 is 0 Å². The van der Waals surface area contributed by atoms with Crippen LogP contribution in [0.2, 0.25) is 0 Å². The lowest BCUT2D eigenvalue weighted by molar-refractivity contribution is 0.494. The molecular formula is C8H10F2. The van der Waals surface area contributed by atoms with Crippen LogP contribution in [0.5, 0.6) is 0 Å². The molecule has 1 aliphatic carbocycles. The summed E-state index contributed by atoms with van der Waals surface area (Å²) in [5.74, 6) is -0.715. The molecule has 0 nitrogen and oxygen atoms in total. The van der Waals surface area contributed by atoms with Gasteiger partial charge in [0.15, 0.2) is 0 Å². The summed E-state index contributed by atoms with van der Waals surface area (Å²) < 4.78 is 25.3. The van der Waals surface area contributed by atoms with Gasteiger partial charge in [-0.1, -0.05) is 6.92 Å². The zero-order chi connectivity index (χ0) is 7.72. The van der Waals surface area contributed by atoms with E-state index in [1.807, 2.05) is 0 Å². The predicted molar refractivity (Wildman–Crippen MR) is 36.8 cm³/mol. The summed E-state index contributed by atoms with van der Waals surface area (Å²) >= 11 is 0. The van der Waals surface area contributed by atoms with E-state index >= 15 is 0 Å². The SMILES string of the molecule is CC1=C(F)C[C@@H](C)C=C1F. The van der Waals surface area contributed by atoms with E-state index in [0.717, 1.165) is 0 Å². The van der Waals surface area contributed by atoms with E-state index in [1.165, 1.54) is 13.0 Å². The third kappa shape index (κ3) is 1.25. The Kier molecular flexibility index (Phi) is 1.88. The van der Waals surface area contributed by atoms with Crippen LogP contribution in [0.4, 0.5) is 8.78 Å². The number of allylic oxidation sites excluding steroid dienone is 4. The monoisotopic (exact) mass is 144 g/mol. The van der Waals surface area contributed by atoms with Crippen LogP contribution in [0.1, 0.15) is 20.3 Å². The minimum atomic E-state index is -0.406. The maximum Gasteiger partial charge on any atom is 0.124 e. The highest BCUT2D eigenvalue weighted by atomic mass is 19.1. The summed E-state index contributed by atoms with van der Waals surface area (Å²) in [6.07, 6.45) is 1.80. The van der Waals surface area contributed by atoms with E-state index in [0.29, 0.717) is 6.42 Å². The van der Waals surface area contributed by atoms with Crippen LogP contribution >= 0.6 is 0 Å². The molecule has 1 aliphatic rings. The van der Waals surface area contributed by atoms with Crippen molar-refractivity contribution in [3.05, 3.63) is 23.3 Å². The van der Waals surface area contributed by atoms with Gasteiger partial charge in [0.2, 0.25) is 0 Å². The van der Waals surface area contributed by atoms with Gasteiger partial charge in [-0.05, 0) is 18.9 Å². The quantitative estimate of drug-likeness (QED) is 0.490. The van der Waals surface area contributed by atoms with Gasteiger partial charge in [0.05, 0.1) is 0 Å². The van der Waals surface area contributed by atoms with Crippen molar-refractivity contribution in [2.45, 2.75) is 20.3 Å². The lowest BCUT2D eigenvalue weighted by Crippen LogP contribution is -2.00. The minimum Gasteiger partial charge on any atom is -0.211 e. The Morgan fingerprint density at radius 2 is 2.10 bits per heavy atom. The van der Waals surface area contributed by atoms with Gasteiger partial charge in [-0.15, -0.1) is 0 Å². The topological polar surface area (TPSA) is 0 Å². The minimum absolute atomic E-state index is 0.00343. The standard InChI is InChI=1S/C8H10F2/c1-5-3-7(9)6(2)8(10)4-5/h3,5H,4H2,1-2H3/t5-/m0/s1. The zero-order valence-electron chi connectivity index (χ0n) is 6.12. The number of hydrogen-bond donors (Lipinski definition) is 0. The first-order valence-electron chi connectivity index (χ1n) is 3.34. The van der Waals surface area contributed by atoms with Crippen molar-refractivity contribution in [1.29, 1.82) is 0 Å². The Morgan fingerprint density at radius 3 is 2.60 bits per heavy atom. The maximum atomic E-state index is 12.7. The lowest BCUT2D eigenvalue weighted by Gasteiger charge is -2.12. The van der Waals surface area contributed by atoms with E-state index in [-0.39, 0.29) is 17.3 Å². The fraction of sp³-hybridized carbons (Fsp3) is 0.500. The molecule has 0 unspecified atom stereocenters. The van der Waals surface area contributed by atoms with Crippen molar-refractivity contribution in [3.8, 4) is 0 Å². The van der Waals surface area contributed by atoms with E-state index in [9.17, 15) is 8.78 Å². The van der Waals surface area contributed by atoms with Crippen molar-refractivity contribution < 1.29 is 8.78 Å². The van der Waals surface area contributed by atoms with E-state index in [2.05, 4.69) is 0 Å². The van der Waals surface area contributed by atoms with Gasteiger partial charge in [0.25, 0.3) is 0 Å². The van der Waals surface area contributed by atoms with Gasteiger partial charge in [-0.25, -0.2) is 8.78 Å². The largest absolute Gasteiger partial charge is 0.211 e. The molecule has 0 amide bonds. The van der Waals surface area contributed by atoms with E-state index in [1.54, 1.807) is 6.92 Å². The molecule has 0 N–H and O–H groups in total. The molecule has 0 heterocycles. The Morgan fingerprint density at radius 1 is 1.50 bits per heavy atom. The first kappa shape index (κ1) is 7.45. The molecule has 0 fully saturated rings. The highest BCUT2D eigenvalue weighted by Gasteiger charge is 2.16. The van der Waals surface area contributed by atoms with Gasteiger partial charge in [-0.2, -0.15) is 0 Å². The van der Waals surface area contributed by atoms with Gasteiger partial charge in [-0.3, -0.25) is 0 Å². The highest BCUT2D eigenvalue weighted by molar-refractivity contribution is 5.30. The second kappa shape index (κ2) is 2.52. The third-order valence-corrected chi connectivity index (χ3v) is 1.70. The molecule has 0 aromatic carbocycles. The normalized spacial score (nSPS) is 26.8. The molecule has 0 aromatic heterocycles. The molecule has 0 saturated heterocycles. The Labute approximate surface area is 59.2 Å². The number of halogens is 2. The molecule has 1 atom stereocenters. The molecule has 0 radical (unpaired) electrons. The summed E-state index contributed by atoms with van der Waals surface area (Å²) in [7, 11) is 0. The first-order valence-corrected chi connectivity index (χ1v) is 3.34. The summed E-state index contributed by atoms with van der Waals surface area (Å²) in [5, 5.41) is 0. The van der Waals surface area contributed by atoms with Crippen molar-refractivity contribution >= 4 is 0 Å². The second-order valence-electron chi connectivity index (χ2n) is 2.73. The zero-order valence-corrected chi connectivity index (χ0v) is 6.12. The first-order chi connectivity index (χ1) is 4.61. The third-order valence-electron chi connectivity index (χ3n) is 1.70. The Hall–Kier alpha value is -0.660. The van der Waals surface area contributed by atoms with Crippen molar-refractivity contribution in [2.24, 2.45) is 5.92 Å². The smallest absolute Gasteiger partial charge is 0.124 e. The molecule has 0 aliphatic heterocycles. The molecule has 2 heteroatoms. The predicted octanol–water partition coefficient (Wildman–Crippen LogP) is 3.12. The van der Waals surface area contributed by atoms with Crippen molar-refractivity contribution in [1.82, 2.24) is 0 Å². The molecule has 56 valence electrons. The van der Waals surface area contributed by atoms with Crippen LogP contribution in [0.25, 0.3) is 0 Å². The fourth-order valence-electron chi connectivity index (χ4n) is 0.999. The van der Waals surface area contributed by atoms with Crippen LogP contribution in [-0.4, -0.2) is 0 Å². The van der Waals surface area contributed by atoms with Crippen LogP contribution in [0.15, 0.2) is 23.3 Å². The number of hydrogen-bond acceptors (Lipinski definition) is 0. The van der Waals surface area contributed by atoms with Gasteiger partial charge >= 0.3 is 0 Å². The van der Waals surface area contributed by atoms with Gasteiger partial charge in [0, 0.05) is 12.0 Å².